The lowest BCUT2D eigenvalue weighted by Gasteiger charge is -2.34. The maximum Gasteiger partial charge on any atom is 0.241 e. The van der Waals surface area contributed by atoms with E-state index in [0.717, 1.165) is 12.5 Å². The molecule has 0 radical (unpaired) electrons. The van der Waals surface area contributed by atoms with E-state index in [-0.39, 0.29) is 12.2 Å². The monoisotopic (exact) mass is 280 g/mol. The van der Waals surface area contributed by atoms with Gasteiger partial charge in [0.25, 0.3) is 0 Å². The van der Waals surface area contributed by atoms with E-state index >= 15 is 0 Å². The van der Waals surface area contributed by atoms with Crippen LogP contribution in [-0.4, -0.2) is 29.6 Å². The van der Waals surface area contributed by atoms with Gasteiger partial charge in [-0.2, -0.15) is 0 Å². The first kappa shape index (κ1) is 15.8. The van der Waals surface area contributed by atoms with Crippen LogP contribution in [0.15, 0.2) is 0 Å². The summed E-state index contributed by atoms with van der Waals surface area (Å²) in [5.74, 6) is 2.72. The SMILES string of the molecule is CC1CCCC(CN2C(=O)C(C(C)C)NC2C(C)C)C1. The van der Waals surface area contributed by atoms with E-state index in [1.54, 1.807) is 0 Å². The normalized spacial score (nSPS) is 35.4. The molecule has 4 atom stereocenters. The summed E-state index contributed by atoms with van der Waals surface area (Å²) in [6.07, 6.45) is 5.52. The number of nitrogens with one attached hydrogen (secondary N) is 1. The van der Waals surface area contributed by atoms with E-state index in [1.807, 2.05) is 0 Å². The van der Waals surface area contributed by atoms with Crippen molar-refractivity contribution in [3.63, 3.8) is 0 Å². The maximum atomic E-state index is 12.7. The number of carbonyl (C=O) groups excluding carboxylic acids is 1. The summed E-state index contributed by atoms with van der Waals surface area (Å²) in [6, 6.07) is 0.0171. The molecule has 1 aliphatic heterocycles. The van der Waals surface area contributed by atoms with Crippen molar-refractivity contribution in [2.45, 2.75) is 72.5 Å². The molecule has 0 aromatic carbocycles. The molecule has 116 valence electrons. The number of nitrogens with zero attached hydrogens (tertiary/aromatic N) is 1. The number of amides is 1. The summed E-state index contributed by atoms with van der Waals surface area (Å²) in [7, 11) is 0. The Bertz CT molecular complexity index is 340. The van der Waals surface area contributed by atoms with Crippen LogP contribution in [-0.2, 0) is 4.79 Å². The molecular formula is C17H32N2O. The van der Waals surface area contributed by atoms with Crippen molar-refractivity contribution in [1.82, 2.24) is 10.2 Å². The summed E-state index contributed by atoms with van der Waals surface area (Å²) in [4.78, 5) is 14.8. The minimum atomic E-state index is 0.0171. The molecule has 3 heteroatoms. The molecule has 2 fully saturated rings. The van der Waals surface area contributed by atoms with Gasteiger partial charge in [0.15, 0.2) is 0 Å². The molecule has 0 aromatic rings. The third kappa shape index (κ3) is 3.36. The molecule has 1 aliphatic carbocycles. The maximum absolute atomic E-state index is 12.7. The third-order valence-electron chi connectivity index (χ3n) is 5.03. The van der Waals surface area contributed by atoms with E-state index in [2.05, 4.69) is 44.8 Å². The fourth-order valence-corrected chi connectivity index (χ4v) is 3.90. The van der Waals surface area contributed by atoms with Crippen LogP contribution in [0.4, 0.5) is 0 Å². The van der Waals surface area contributed by atoms with E-state index in [0.29, 0.717) is 23.7 Å². The Balaban J connectivity index is 2.04. The molecule has 0 bridgehead atoms. The molecule has 1 amide bonds. The summed E-state index contributed by atoms with van der Waals surface area (Å²) in [6.45, 7) is 12.0. The van der Waals surface area contributed by atoms with Gasteiger partial charge in [-0.1, -0.05) is 47.5 Å². The fourth-order valence-electron chi connectivity index (χ4n) is 3.90. The van der Waals surface area contributed by atoms with Crippen LogP contribution in [0, 0.1) is 23.7 Å². The van der Waals surface area contributed by atoms with Gasteiger partial charge in [0.2, 0.25) is 5.91 Å². The van der Waals surface area contributed by atoms with E-state index in [1.165, 1.54) is 25.7 Å². The molecule has 1 saturated heterocycles. The minimum absolute atomic E-state index is 0.0171. The van der Waals surface area contributed by atoms with Crippen LogP contribution in [0.5, 0.6) is 0 Å². The highest BCUT2D eigenvalue weighted by Gasteiger charge is 2.42. The van der Waals surface area contributed by atoms with E-state index in [9.17, 15) is 4.79 Å². The van der Waals surface area contributed by atoms with Crippen LogP contribution >= 0.6 is 0 Å². The molecule has 2 rings (SSSR count). The van der Waals surface area contributed by atoms with Gasteiger partial charge in [-0.3, -0.25) is 10.1 Å². The molecule has 1 N–H and O–H groups in total. The second-order valence-electron chi connectivity index (χ2n) is 7.71. The summed E-state index contributed by atoms with van der Waals surface area (Å²) >= 11 is 0. The van der Waals surface area contributed by atoms with Crippen molar-refractivity contribution in [2.24, 2.45) is 23.7 Å². The Labute approximate surface area is 124 Å². The molecule has 2 aliphatic rings. The minimum Gasteiger partial charge on any atom is -0.325 e. The second-order valence-corrected chi connectivity index (χ2v) is 7.71. The van der Waals surface area contributed by atoms with Crippen LogP contribution in [0.3, 0.4) is 0 Å². The van der Waals surface area contributed by atoms with Gasteiger partial charge in [0, 0.05) is 6.54 Å². The molecule has 20 heavy (non-hydrogen) atoms. The molecule has 3 nitrogen and oxygen atoms in total. The lowest BCUT2D eigenvalue weighted by Crippen LogP contribution is -2.44. The van der Waals surface area contributed by atoms with Gasteiger partial charge >= 0.3 is 0 Å². The Morgan fingerprint density at radius 1 is 1.20 bits per heavy atom. The molecule has 0 aromatic heterocycles. The van der Waals surface area contributed by atoms with Crippen molar-refractivity contribution < 1.29 is 4.79 Å². The van der Waals surface area contributed by atoms with Gasteiger partial charge in [0.05, 0.1) is 12.2 Å². The van der Waals surface area contributed by atoms with Crippen molar-refractivity contribution in [3.8, 4) is 0 Å². The highest BCUT2D eigenvalue weighted by atomic mass is 16.2. The van der Waals surface area contributed by atoms with E-state index < -0.39 is 0 Å². The standard InChI is InChI=1S/C17H32N2O/c1-11(2)15-17(20)19(16(18-15)12(3)4)10-14-8-6-7-13(5)9-14/h11-16,18H,6-10H2,1-5H3. The number of hydrogen-bond acceptors (Lipinski definition) is 2. The molecule has 1 saturated carbocycles. The van der Waals surface area contributed by atoms with Crippen LogP contribution in [0.25, 0.3) is 0 Å². The second kappa shape index (κ2) is 6.46. The van der Waals surface area contributed by atoms with Crippen molar-refractivity contribution in [2.75, 3.05) is 6.54 Å². The predicted molar refractivity (Wildman–Crippen MR) is 83.2 cm³/mol. The van der Waals surface area contributed by atoms with Crippen LogP contribution in [0.2, 0.25) is 0 Å². The van der Waals surface area contributed by atoms with Crippen molar-refractivity contribution in [3.05, 3.63) is 0 Å². The Hall–Kier alpha value is -0.570. The lowest BCUT2D eigenvalue weighted by molar-refractivity contribution is -0.132. The highest BCUT2D eigenvalue weighted by molar-refractivity contribution is 5.84. The number of hydrogen-bond donors (Lipinski definition) is 1. The van der Waals surface area contributed by atoms with Gasteiger partial charge < -0.3 is 4.90 Å². The Kier molecular flexibility index (Phi) is 5.11. The van der Waals surface area contributed by atoms with E-state index in [4.69, 9.17) is 0 Å². The first-order valence-electron chi connectivity index (χ1n) is 8.46. The predicted octanol–water partition coefficient (Wildman–Crippen LogP) is 3.25. The lowest BCUT2D eigenvalue weighted by atomic mass is 9.82. The molecule has 4 unspecified atom stereocenters. The topological polar surface area (TPSA) is 32.3 Å². The summed E-state index contributed by atoms with van der Waals surface area (Å²) < 4.78 is 0. The Morgan fingerprint density at radius 3 is 2.45 bits per heavy atom. The summed E-state index contributed by atoms with van der Waals surface area (Å²) in [5.41, 5.74) is 0. The Morgan fingerprint density at radius 2 is 1.90 bits per heavy atom. The van der Waals surface area contributed by atoms with Crippen LogP contribution in [0.1, 0.15) is 60.3 Å². The smallest absolute Gasteiger partial charge is 0.241 e. The third-order valence-corrected chi connectivity index (χ3v) is 5.03. The first-order valence-corrected chi connectivity index (χ1v) is 8.46. The molecule has 0 spiro atoms. The van der Waals surface area contributed by atoms with Gasteiger partial charge in [0.1, 0.15) is 0 Å². The zero-order valence-corrected chi connectivity index (χ0v) is 13.9. The average molecular weight is 280 g/mol. The number of rotatable bonds is 4. The summed E-state index contributed by atoms with van der Waals surface area (Å²) in [5, 5.41) is 3.57. The fraction of sp³-hybridized carbons (Fsp3) is 0.941. The first-order chi connectivity index (χ1) is 9.40. The molecular weight excluding hydrogens is 248 g/mol. The van der Waals surface area contributed by atoms with Gasteiger partial charge in [-0.15, -0.1) is 0 Å². The average Bonchev–Trinajstić information content (AvgIpc) is 2.67. The highest BCUT2D eigenvalue weighted by Crippen LogP contribution is 2.31. The zero-order chi connectivity index (χ0) is 14.9. The largest absolute Gasteiger partial charge is 0.325 e. The molecule has 1 heterocycles. The van der Waals surface area contributed by atoms with Crippen molar-refractivity contribution in [1.29, 1.82) is 0 Å². The van der Waals surface area contributed by atoms with Crippen molar-refractivity contribution >= 4 is 5.91 Å². The van der Waals surface area contributed by atoms with Gasteiger partial charge in [-0.05, 0) is 36.5 Å². The zero-order valence-electron chi connectivity index (χ0n) is 13.9. The number of carbonyl (C=O) groups is 1. The van der Waals surface area contributed by atoms with Gasteiger partial charge in [-0.25, -0.2) is 0 Å². The van der Waals surface area contributed by atoms with Crippen LogP contribution < -0.4 is 5.32 Å². The quantitative estimate of drug-likeness (QED) is 0.857.